The van der Waals surface area contributed by atoms with Gasteiger partial charge < -0.3 is 5.11 Å². The second-order valence-corrected chi connectivity index (χ2v) is 2.77. The zero-order chi connectivity index (χ0) is 9.14. The fraction of sp³-hybridized carbons (Fsp3) is 0.333. The average molecular weight is 165 g/mol. The fourth-order valence-electron chi connectivity index (χ4n) is 1.01. The molecule has 0 aromatic carbocycles. The lowest BCUT2D eigenvalue weighted by molar-refractivity contribution is -0.136. The average Bonchev–Trinajstić information content (AvgIpc) is 1.98. The van der Waals surface area contributed by atoms with Gasteiger partial charge in [-0.3, -0.25) is 9.78 Å². The van der Waals surface area contributed by atoms with E-state index >= 15 is 0 Å². The van der Waals surface area contributed by atoms with Gasteiger partial charge in [-0.25, -0.2) is 0 Å². The molecule has 0 atom stereocenters. The Balaban J connectivity index is 3.00. The highest BCUT2D eigenvalue weighted by molar-refractivity contribution is 5.70. The number of aromatic nitrogens is 1. The summed E-state index contributed by atoms with van der Waals surface area (Å²) < 4.78 is 0. The molecular formula is C9H11NO2. The number of aliphatic carboxylic acids is 1. The highest BCUT2D eigenvalue weighted by Crippen LogP contribution is 2.09. The number of carboxylic acids is 1. The molecule has 1 N–H and O–H groups in total. The van der Waals surface area contributed by atoms with Crippen LogP contribution in [0, 0.1) is 13.8 Å². The van der Waals surface area contributed by atoms with E-state index in [-0.39, 0.29) is 6.42 Å². The van der Waals surface area contributed by atoms with E-state index in [0.717, 1.165) is 11.1 Å². The Hall–Kier alpha value is -1.38. The highest BCUT2D eigenvalue weighted by Gasteiger charge is 2.05. The van der Waals surface area contributed by atoms with Crippen molar-refractivity contribution in [3.8, 4) is 0 Å². The highest BCUT2D eigenvalue weighted by atomic mass is 16.4. The quantitative estimate of drug-likeness (QED) is 0.719. The second kappa shape index (κ2) is 3.34. The van der Waals surface area contributed by atoms with Gasteiger partial charge in [0.05, 0.1) is 12.1 Å². The van der Waals surface area contributed by atoms with Gasteiger partial charge in [0.15, 0.2) is 0 Å². The van der Waals surface area contributed by atoms with Crippen molar-refractivity contribution in [2.75, 3.05) is 0 Å². The van der Waals surface area contributed by atoms with Crippen LogP contribution in [-0.2, 0) is 11.2 Å². The van der Waals surface area contributed by atoms with Gasteiger partial charge in [-0.05, 0) is 31.0 Å². The minimum absolute atomic E-state index is 0.00745. The van der Waals surface area contributed by atoms with Crippen LogP contribution in [-0.4, -0.2) is 16.1 Å². The Kier molecular flexibility index (Phi) is 2.43. The van der Waals surface area contributed by atoms with E-state index < -0.39 is 5.97 Å². The van der Waals surface area contributed by atoms with Gasteiger partial charge in [0, 0.05) is 6.20 Å². The Morgan fingerprint density at radius 3 is 2.83 bits per heavy atom. The molecule has 1 heterocycles. The Morgan fingerprint density at radius 1 is 1.58 bits per heavy atom. The van der Waals surface area contributed by atoms with Crippen molar-refractivity contribution in [3.05, 3.63) is 29.1 Å². The zero-order valence-electron chi connectivity index (χ0n) is 7.16. The molecule has 0 aliphatic heterocycles. The number of aryl methyl sites for hydroxylation is 1. The van der Waals surface area contributed by atoms with Gasteiger partial charge in [-0.1, -0.05) is 0 Å². The predicted octanol–water partition coefficient (Wildman–Crippen LogP) is 1.33. The number of pyridine rings is 1. The van der Waals surface area contributed by atoms with Crippen LogP contribution in [0.25, 0.3) is 0 Å². The molecule has 1 aromatic rings. The number of rotatable bonds is 2. The number of nitrogens with zero attached hydrogens (tertiary/aromatic N) is 1. The lowest BCUT2D eigenvalue weighted by atomic mass is 10.1. The van der Waals surface area contributed by atoms with Crippen molar-refractivity contribution in [2.24, 2.45) is 0 Å². The normalized spacial score (nSPS) is 9.83. The molecule has 0 aliphatic carbocycles. The summed E-state index contributed by atoms with van der Waals surface area (Å²) in [5, 5.41) is 8.54. The summed E-state index contributed by atoms with van der Waals surface area (Å²) >= 11 is 0. The zero-order valence-corrected chi connectivity index (χ0v) is 7.16. The van der Waals surface area contributed by atoms with Gasteiger partial charge in [0.25, 0.3) is 0 Å². The van der Waals surface area contributed by atoms with Gasteiger partial charge in [-0.2, -0.15) is 0 Å². The van der Waals surface area contributed by atoms with Crippen LogP contribution < -0.4 is 0 Å². The maximum absolute atomic E-state index is 10.4. The summed E-state index contributed by atoms with van der Waals surface area (Å²) in [7, 11) is 0. The van der Waals surface area contributed by atoms with Gasteiger partial charge in [-0.15, -0.1) is 0 Å². The summed E-state index contributed by atoms with van der Waals surface area (Å²) in [6.45, 7) is 3.84. The van der Waals surface area contributed by atoms with Crippen molar-refractivity contribution in [1.29, 1.82) is 0 Å². The third-order valence-electron chi connectivity index (χ3n) is 1.90. The third kappa shape index (κ3) is 1.81. The molecule has 12 heavy (non-hydrogen) atoms. The van der Waals surface area contributed by atoms with Crippen LogP contribution in [0.2, 0.25) is 0 Å². The molecule has 1 aromatic heterocycles. The van der Waals surface area contributed by atoms with Gasteiger partial charge >= 0.3 is 5.97 Å². The molecule has 0 amide bonds. The summed E-state index contributed by atoms with van der Waals surface area (Å²) in [6.07, 6.45) is 1.65. The van der Waals surface area contributed by atoms with E-state index in [1.807, 2.05) is 19.9 Å². The van der Waals surface area contributed by atoms with Crippen molar-refractivity contribution in [3.63, 3.8) is 0 Å². The third-order valence-corrected chi connectivity index (χ3v) is 1.90. The minimum atomic E-state index is -0.837. The Labute approximate surface area is 71.1 Å². The Bertz CT molecular complexity index is 307. The second-order valence-electron chi connectivity index (χ2n) is 2.77. The molecular weight excluding hydrogens is 154 g/mol. The van der Waals surface area contributed by atoms with E-state index in [0.29, 0.717) is 5.69 Å². The molecule has 0 aliphatic rings. The van der Waals surface area contributed by atoms with Crippen molar-refractivity contribution in [2.45, 2.75) is 20.3 Å². The molecule has 3 heteroatoms. The van der Waals surface area contributed by atoms with Crippen molar-refractivity contribution >= 4 is 5.97 Å². The molecule has 3 nitrogen and oxygen atoms in total. The lowest BCUT2D eigenvalue weighted by Gasteiger charge is -2.03. The minimum Gasteiger partial charge on any atom is -0.481 e. The first-order chi connectivity index (χ1) is 5.61. The SMILES string of the molecule is Cc1ccnc(CC(=O)O)c1C. The monoisotopic (exact) mass is 165 g/mol. The van der Waals surface area contributed by atoms with Crippen LogP contribution in [0.5, 0.6) is 0 Å². The van der Waals surface area contributed by atoms with E-state index in [1.165, 1.54) is 0 Å². The number of carboxylic acid groups (broad SMARTS) is 1. The van der Waals surface area contributed by atoms with E-state index in [1.54, 1.807) is 6.20 Å². The predicted molar refractivity (Wildman–Crippen MR) is 45.1 cm³/mol. The van der Waals surface area contributed by atoms with Gasteiger partial charge in [0.2, 0.25) is 0 Å². The molecule has 0 bridgehead atoms. The topological polar surface area (TPSA) is 50.2 Å². The maximum Gasteiger partial charge on any atom is 0.309 e. The summed E-state index contributed by atoms with van der Waals surface area (Å²) in [5.74, 6) is -0.837. The van der Waals surface area contributed by atoms with Crippen LogP contribution in [0.15, 0.2) is 12.3 Å². The van der Waals surface area contributed by atoms with Crippen molar-refractivity contribution in [1.82, 2.24) is 4.98 Å². The molecule has 64 valence electrons. The largest absolute Gasteiger partial charge is 0.481 e. The number of hydrogen-bond donors (Lipinski definition) is 1. The summed E-state index contributed by atoms with van der Waals surface area (Å²) in [5.41, 5.74) is 2.71. The van der Waals surface area contributed by atoms with Crippen LogP contribution in [0.4, 0.5) is 0 Å². The summed E-state index contributed by atoms with van der Waals surface area (Å²) in [6, 6.07) is 1.88. The Morgan fingerprint density at radius 2 is 2.25 bits per heavy atom. The fourth-order valence-corrected chi connectivity index (χ4v) is 1.01. The molecule has 1 rings (SSSR count). The van der Waals surface area contributed by atoms with Crippen LogP contribution in [0.3, 0.4) is 0 Å². The molecule has 0 spiro atoms. The van der Waals surface area contributed by atoms with Crippen LogP contribution in [0.1, 0.15) is 16.8 Å². The molecule has 0 unspecified atom stereocenters. The molecule has 0 radical (unpaired) electrons. The smallest absolute Gasteiger partial charge is 0.309 e. The first-order valence-corrected chi connectivity index (χ1v) is 3.74. The molecule has 0 saturated heterocycles. The van der Waals surface area contributed by atoms with Crippen molar-refractivity contribution < 1.29 is 9.90 Å². The van der Waals surface area contributed by atoms with Gasteiger partial charge in [0.1, 0.15) is 0 Å². The van der Waals surface area contributed by atoms with E-state index in [4.69, 9.17) is 5.11 Å². The number of carbonyl (C=O) groups is 1. The van der Waals surface area contributed by atoms with Crippen LogP contribution >= 0.6 is 0 Å². The first kappa shape index (κ1) is 8.71. The maximum atomic E-state index is 10.4. The first-order valence-electron chi connectivity index (χ1n) is 3.74. The lowest BCUT2D eigenvalue weighted by Crippen LogP contribution is -2.05. The molecule has 0 saturated carbocycles. The van der Waals surface area contributed by atoms with E-state index in [9.17, 15) is 4.79 Å². The number of hydrogen-bond acceptors (Lipinski definition) is 2. The molecule has 0 fully saturated rings. The summed E-state index contributed by atoms with van der Waals surface area (Å²) in [4.78, 5) is 14.4. The van der Waals surface area contributed by atoms with E-state index in [2.05, 4.69) is 4.98 Å². The standard InChI is InChI=1S/C9H11NO2/c1-6-3-4-10-8(7(6)2)5-9(11)12/h3-4H,5H2,1-2H3,(H,11,12).